The Labute approximate surface area is 104 Å². The summed E-state index contributed by atoms with van der Waals surface area (Å²) in [6.07, 6.45) is 1.27. The molecule has 1 aliphatic carbocycles. The first-order valence-corrected chi connectivity index (χ1v) is 6.35. The third-order valence-electron chi connectivity index (χ3n) is 3.75. The molecule has 2 atom stereocenters. The average molecular weight is 250 g/mol. The van der Waals surface area contributed by atoms with E-state index in [2.05, 4.69) is 16.5 Å². The summed E-state index contributed by atoms with van der Waals surface area (Å²) in [5.41, 5.74) is 2.49. The third-order valence-corrected chi connectivity index (χ3v) is 4.07. The van der Waals surface area contributed by atoms with Crippen molar-refractivity contribution >= 4 is 23.3 Å². The smallest absolute Gasteiger partial charge is 0.178 e. The topological polar surface area (TPSA) is 20.7 Å². The van der Waals surface area contributed by atoms with E-state index >= 15 is 0 Å². The Morgan fingerprint density at radius 1 is 1.53 bits per heavy atom. The van der Waals surface area contributed by atoms with E-state index in [1.807, 2.05) is 6.07 Å². The lowest BCUT2D eigenvalue weighted by Crippen LogP contribution is -2.01. The van der Waals surface area contributed by atoms with Crippen LogP contribution in [-0.2, 0) is 6.54 Å². The highest BCUT2D eigenvalue weighted by molar-refractivity contribution is 7.71. The second kappa shape index (κ2) is 3.67. The maximum absolute atomic E-state index is 13.5. The van der Waals surface area contributed by atoms with Crippen molar-refractivity contribution in [2.45, 2.75) is 26.8 Å². The molecule has 4 heteroatoms. The second-order valence-electron chi connectivity index (χ2n) is 5.13. The quantitative estimate of drug-likeness (QED) is 0.804. The summed E-state index contributed by atoms with van der Waals surface area (Å²) in [5.74, 6) is 1.34. The Morgan fingerprint density at radius 3 is 2.88 bits per heavy atom. The van der Waals surface area contributed by atoms with Crippen LogP contribution in [-0.4, -0.2) is 9.55 Å². The molecule has 1 N–H and O–H groups in total. The monoisotopic (exact) mass is 250 g/mol. The van der Waals surface area contributed by atoms with Crippen molar-refractivity contribution in [3.8, 4) is 0 Å². The lowest BCUT2D eigenvalue weighted by Gasteiger charge is -2.04. The number of rotatable bonds is 2. The summed E-state index contributed by atoms with van der Waals surface area (Å²) in [4.78, 5) is 3.08. The van der Waals surface area contributed by atoms with Crippen LogP contribution in [0.2, 0.25) is 0 Å². The molecular weight excluding hydrogens is 235 g/mol. The minimum absolute atomic E-state index is 0.180. The standard InChI is InChI=1S/C13H15FN2S/c1-7-3-9(7)6-16-12-4-8(2)10(14)5-11(12)15-13(16)17/h4-5,7,9H,3,6H2,1-2H3,(H,15,17). The van der Waals surface area contributed by atoms with Gasteiger partial charge < -0.3 is 9.55 Å². The molecule has 17 heavy (non-hydrogen) atoms. The predicted molar refractivity (Wildman–Crippen MR) is 69.1 cm³/mol. The number of aromatic amines is 1. The van der Waals surface area contributed by atoms with Crippen LogP contribution in [0.1, 0.15) is 18.9 Å². The molecule has 1 aromatic heterocycles. The van der Waals surface area contributed by atoms with Crippen LogP contribution in [0.5, 0.6) is 0 Å². The second-order valence-corrected chi connectivity index (χ2v) is 5.52. The highest BCUT2D eigenvalue weighted by Crippen LogP contribution is 2.39. The van der Waals surface area contributed by atoms with Gasteiger partial charge in [-0.05, 0) is 55.1 Å². The molecule has 1 aromatic carbocycles. The minimum Gasteiger partial charge on any atom is -0.330 e. The number of nitrogens with zero attached hydrogens (tertiary/aromatic N) is 1. The van der Waals surface area contributed by atoms with E-state index in [0.717, 1.165) is 29.4 Å². The zero-order valence-electron chi connectivity index (χ0n) is 9.96. The fraction of sp³-hybridized carbons (Fsp3) is 0.462. The van der Waals surface area contributed by atoms with E-state index < -0.39 is 0 Å². The molecule has 1 saturated carbocycles. The molecule has 2 aromatic rings. The molecule has 0 amide bonds. The molecule has 1 aliphatic rings. The summed E-state index contributed by atoms with van der Waals surface area (Å²) < 4.78 is 16.3. The van der Waals surface area contributed by atoms with Gasteiger partial charge in [-0.1, -0.05) is 6.92 Å². The van der Waals surface area contributed by atoms with Gasteiger partial charge in [0.15, 0.2) is 4.77 Å². The molecule has 0 spiro atoms. The number of aromatic nitrogens is 2. The fourth-order valence-electron chi connectivity index (χ4n) is 2.35. The molecule has 90 valence electrons. The van der Waals surface area contributed by atoms with Crippen molar-refractivity contribution in [1.82, 2.24) is 9.55 Å². The number of benzene rings is 1. The van der Waals surface area contributed by atoms with Crippen molar-refractivity contribution in [3.63, 3.8) is 0 Å². The summed E-state index contributed by atoms with van der Waals surface area (Å²) in [6, 6.07) is 3.41. The molecule has 2 unspecified atom stereocenters. The highest BCUT2D eigenvalue weighted by Gasteiger charge is 2.33. The van der Waals surface area contributed by atoms with Gasteiger partial charge in [-0.25, -0.2) is 4.39 Å². The van der Waals surface area contributed by atoms with Gasteiger partial charge >= 0.3 is 0 Å². The van der Waals surface area contributed by atoms with Crippen molar-refractivity contribution in [2.75, 3.05) is 0 Å². The molecule has 3 rings (SSSR count). The van der Waals surface area contributed by atoms with Gasteiger partial charge in [0.25, 0.3) is 0 Å². The van der Waals surface area contributed by atoms with Crippen molar-refractivity contribution in [2.24, 2.45) is 11.8 Å². The van der Waals surface area contributed by atoms with Crippen LogP contribution in [0.3, 0.4) is 0 Å². The number of hydrogen-bond donors (Lipinski definition) is 1. The van der Waals surface area contributed by atoms with Gasteiger partial charge in [0, 0.05) is 6.54 Å². The number of H-pyrrole nitrogens is 1. The van der Waals surface area contributed by atoms with Crippen LogP contribution in [0.25, 0.3) is 11.0 Å². The van der Waals surface area contributed by atoms with E-state index in [-0.39, 0.29) is 5.82 Å². The van der Waals surface area contributed by atoms with E-state index in [1.54, 1.807) is 6.92 Å². The molecule has 0 bridgehead atoms. The zero-order valence-corrected chi connectivity index (χ0v) is 10.8. The predicted octanol–water partition coefficient (Wildman–Crippen LogP) is 3.80. The van der Waals surface area contributed by atoms with Crippen LogP contribution in [0, 0.1) is 29.3 Å². The minimum atomic E-state index is -0.180. The average Bonchev–Trinajstić information content (AvgIpc) is 2.88. The molecule has 0 saturated heterocycles. The van der Waals surface area contributed by atoms with Gasteiger partial charge in [-0.2, -0.15) is 0 Å². The van der Waals surface area contributed by atoms with Crippen LogP contribution >= 0.6 is 12.2 Å². The van der Waals surface area contributed by atoms with Crippen molar-refractivity contribution < 1.29 is 4.39 Å². The number of aryl methyl sites for hydroxylation is 1. The summed E-state index contributed by atoms with van der Waals surface area (Å²) in [7, 11) is 0. The van der Waals surface area contributed by atoms with Gasteiger partial charge in [0.2, 0.25) is 0 Å². The van der Waals surface area contributed by atoms with Crippen molar-refractivity contribution in [1.29, 1.82) is 0 Å². The Morgan fingerprint density at radius 2 is 2.24 bits per heavy atom. The van der Waals surface area contributed by atoms with E-state index in [1.165, 1.54) is 12.5 Å². The van der Waals surface area contributed by atoms with Gasteiger partial charge in [-0.15, -0.1) is 0 Å². The summed E-state index contributed by atoms with van der Waals surface area (Å²) in [5, 5.41) is 0. The lowest BCUT2D eigenvalue weighted by molar-refractivity contribution is 0.599. The SMILES string of the molecule is Cc1cc2c(cc1F)[nH]c(=S)n2CC1CC1C. The maximum Gasteiger partial charge on any atom is 0.178 e. The summed E-state index contributed by atoms with van der Waals surface area (Å²) in [6.45, 7) is 4.99. The highest BCUT2D eigenvalue weighted by atomic mass is 32.1. The first-order valence-electron chi connectivity index (χ1n) is 5.95. The molecule has 1 fully saturated rings. The van der Waals surface area contributed by atoms with E-state index in [0.29, 0.717) is 10.3 Å². The summed E-state index contributed by atoms with van der Waals surface area (Å²) >= 11 is 5.31. The molecular formula is C13H15FN2S. The molecule has 0 radical (unpaired) electrons. The molecule has 0 aliphatic heterocycles. The number of imidazole rings is 1. The Bertz CT molecular complexity index is 641. The largest absolute Gasteiger partial charge is 0.330 e. The number of hydrogen-bond acceptors (Lipinski definition) is 1. The zero-order chi connectivity index (χ0) is 12.2. The first-order chi connectivity index (χ1) is 8.06. The van der Waals surface area contributed by atoms with Gasteiger partial charge in [-0.3, -0.25) is 0 Å². The van der Waals surface area contributed by atoms with Crippen molar-refractivity contribution in [3.05, 3.63) is 28.3 Å². The number of nitrogens with one attached hydrogen (secondary N) is 1. The maximum atomic E-state index is 13.5. The number of fused-ring (bicyclic) bond motifs is 1. The van der Waals surface area contributed by atoms with E-state index in [4.69, 9.17) is 12.2 Å². The Hall–Kier alpha value is -1.16. The van der Waals surface area contributed by atoms with Crippen LogP contribution in [0.4, 0.5) is 4.39 Å². The Kier molecular flexibility index (Phi) is 2.36. The van der Waals surface area contributed by atoms with Crippen LogP contribution < -0.4 is 0 Å². The fourth-order valence-corrected chi connectivity index (χ4v) is 2.63. The first kappa shape index (κ1) is 11.0. The third kappa shape index (κ3) is 1.80. The van der Waals surface area contributed by atoms with E-state index in [9.17, 15) is 4.39 Å². The van der Waals surface area contributed by atoms with Crippen LogP contribution in [0.15, 0.2) is 12.1 Å². The molecule has 2 nitrogen and oxygen atoms in total. The lowest BCUT2D eigenvalue weighted by atomic mass is 10.2. The normalized spacial score (nSPS) is 23.2. The molecule has 1 heterocycles. The Balaban J connectivity index is 2.13. The van der Waals surface area contributed by atoms with Gasteiger partial charge in [0.1, 0.15) is 5.82 Å². The van der Waals surface area contributed by atoms with Gasteiger partial charge in [0.05, 0.1) is 11.0 Å². The number of halogens is 1.